The molecule has 0 bridgehead atoms. The molecule has 6 heteroatoms. The van der Waals surface area contributed by atoms with Gasteiger partial charge in [0.15, 0.2) is 0 Å². The zero-order valence-corrected chi connectivity index (χ0v) is 18.9. The summed E-state index contributed by atoms with van der Waals surface area (Å²) < 4.78 is 14.0. The van der Waals surface area contributed by atoms with E-state index in [2.05, 4.69) is 31.1 Å². The summed E-state index contributed by atoms with van der Waals surface area (Å²) in [5, 5.41) is 0. The topological polar surface area (TPSA) is 78.9 Å². The van der Waals surface area contributed by atoms with E-state index in [0.717, 1.165) is 23.5 Å². The van der Waals surface area contributed by atoms with Crippen LogP contribution in [0.5, 0.6) is 0 Å². The Kier molecular flexibility index (Phi) is 17.9. The van der Waals surface area contributed by atoms with Gasteiger partial charge in [-0.05, 0) is 66.5 Å². The molecule has 0 aliphatic carbocycles. The molecule has 0 aromatic heterocycles. The first kappa shape index (κ1) is 30.6. The van der Waals surface area contributed by atoms with E-state index in [1.807, 2.05) is 27.7 Å². The van der Waals surface area contributed by atoms with Crippen molar-refractivity contribution in [3.63, 3.8) is 0 Å². The van der Waals surface area contributed by atoms with Gasteiger partial charge in [-0.1, -0.05) is 26.3 Å². The molecule has 0 aromatic carbocycles. The molecule has 29 heavy (non-hydrogen) atoms. The summed E-state index contributed by atoms with van der Waals surface area (Å²) in [6.45, 7) is 27.5. The number of ether oxygens (including phenoxy) is 3. The first-order valence-corrected chi connectivity index (χ1v) is 8.68. The second kappa shape index (κ2) is 17.0. The normalized spacial score (nSPS) is 8.28. The van der Waals surface area contributed by atoms with Gasteiger partial charge in [-0.25, -0.2) is 14.4 Å². The lowest BCUT2D eigenvalue weighted by atomic mass is 10.3. The Morgan fingerprint density at radius 2 is 1.03 bits per heavy atom. The largest absolute Gasteiger partial charge is 0.432 e. The van der Waals surface area contributed by atoms with Crippen molar-refractivity contribution in [3.8, 4) is 0 Å². The highest BCUT2D eigenvalue weighted by Gasteiger charge is 2.04. The van der Waals surface area contributed by atoms with E-state index in [0.29, 0.717) is 22.7 Å². The zero-order valence-electron chi connectivity index (χ0n) is 18.9. The molecule has 0 aliphatic rings. The molecule has 0 radical (unpaired) electrons. The molecule has 0 aromatic rings. The number of allylic oxidation sites excluding steroid dienone is 4. The highest BCUT2D eigenvalue weighted by atomic mass is 16.5. The quantitative estimate of drug-likeness (QED) is 0.244. The molecule has 0 heterocycles. The minimum Gasteiger partial charge on any atom is -0.432 e. The molecule has 0 saturated carbocycles. The molecule has 0 amide bonds. The molecule has 0 unspecified atom stereocenters. The Morgan fingerprint density at radius 1 is 0.655 bits per heavy atom. The molecule has 162 valence electrons. The summed E-state index contributed by atoms with van der Waals surface area (Å²) in [6.07, 6.45) is 2.23. The summed E-state index contributed by atoms with van der Waals surface area (Å²) in [5.74, 6) is 0.102. The molecule has 0 atom stereocenters. The molecule has 0 fully saturated rings. The molecule has 0 aliphatic heterocycles. The van der Waals surface area contributed by atoms with Crippen LogP contribution in [-0.4, -0.2) is 17.9 Å². The van der Waals surface area contributed by atoms with Gasteiger partial charge in [-0.2, -0.15) is 0 Å². The first-order chi connectivity index (χ1) is 13.2. The Morgan fingerprint density at radius 3 is 1.28 bits per heavy atom. The number of hydrogen-bond donors (Lipinski definition) is 0. The Bertz CT molecular complexity index is 697. The standard InChI is InChI=1S/C9H14O2.C8H12O2.C6H8O2/c1-6(2)8(5)11-9(10)7(3)4;1-5-8(9)10-7(4)6(2)3;1-4-8-6(7)5(2)3/h3H2,1-2,4-5H3;5H,1H2,2-4H3;4H,1-2H2,3H3. The van der Waals surface area contributed by atoms with Crippen LogP contribution in [0.25, 0.3) is 0 Å². The van der Waals surface area contributed by atoms with Crippen LogP contribution in [0.15, 0.2) is 72.5 Å². The van der Waals surface area contributed by atoms with Crippen molar-refractivity contribution in [3.05, 3.63) is 72.5 Å². The van der Waals surface area contributed by atoms with Crippen molar-refractivity contribution < 1.29 is 28.6 Å². The van der Waals surface area contributed by atoms with Crippen molar-refractivity contribution in [2.24, 2.45) is 0 Å². The number of carbonyl (C=O) groups is 3. The third kappa shape index (κ3) is 19.4. The van der Waals surface area contributed by atoms with Crippen molar-refractivity contribution in [1.29, 1.82) is 0 Å². The van der Waals surface area contributed by atoms with Gasteiger partial charge < -0.3 is 14.2 Å². The SMILES string of the molecule is C=C(C)C(=O)OC(C)=C(C)C.C=CC(=O)OC(C)=C(C)C.C=COC(=O)C(=C)C. The lowest BCUT2D eigenvalue weighted by Gasteiger charge is -2.04. The lowest BCUT2D eigenvalue weighted by molar-refractivity contribution is -0.135. The van der Waals surface area contributed by atoms with Gasteiger partial charge in [0.1, 0.15) is 11.5 Å². The van der Waals surface area contributed by atoms with Gasteiger partial charge >= 0.3 is 17.9 Å². The van der Waals surface area contributed by atoms with Crippen LogP contribution in [0.4, 0.5) is 0 Å². The molecule has 0 saturated heterocycles. The highest BCUT2D eigenvalue weighted by molar-refractivity contribution is 5.87. The summed E-state index contributed by atoms with van der Waals surface area (Å²) in [5.41, 5.74) is 2.80. The third-order valence-corrected chi connectivity index (χ3v) is 2.96. The summed E-state index contributed by atoms with van der Waals surface area (Å²) in [7, 11) is 0. The summed E-state index contributed by atoms with van der Waals surface area (Å²) in [6, 6.07) is 0. The Balaban J connectivity index is -0.000000354. The number of esters is 3. The van der Waals surface area contributed by atoms with Gasteiger partial charge in [0, 0.05) is 17.2 Å². The number of carbonyl (C=O) groups excluding carboxylic acids is 3. The molecular weight excluding hydrogens is 372 g/mol. The lowest BCUT2D eigenvalue weighted by Crippen LogP contribution is -2.03. The van der Waals surface area contributed by atoms with E-state index in [1.165, 1.54) is 0 Å². The second-order valence-corrected chi connectivity index (χ2v) is 6.26. The highest BCUT2D eigenvalue weighted by Crippen LogP contribution is 2.06. The Hall–Kier alpha value is -3.15. The monoisotopic (exact) mass is 406 g/mol. The second-order valence-electron chi connectivity index (χ2n) is 6.26. The number of rotatable bonds is 6. The maximum Gasteiger partial charge on any atom is 0.338 e. The minimum atomic E-state index is -0.431. The van der Waals surface area contributed by atoms with Crippen LogP contribution in [0, 0.1) is 0 Å². The Labute approximate surface area is 174 Å². The zero-order chi connectivity index (χ0) is 23.7. The van der Waals surface area contributed by atoms with E-state index < -0.39 is 11.9 Å². The van der Waals surface area contributed by atoms with Crippen LogP contribution < -0.4 is 0 Å². The van der Waals surface area contributed by atoms with E-state index in [9.17, 15) is 14.4 Å². The fourth-order valence-electron chi connectivity index (χ4n) is 0.799. The van der Waals surface area contributed by atoms with Crippen LogP contribution in [0.2, 0.25) is 0 Å². The van der Waals surface area contributed by atoms with Crippen LogP contribution in [-0.2, 0) is 28.6 Å². The molecule has 0 rings (SSSR count). The summed E-state index contributed by atoms with van der Waals surface area (Å²) in [4.78, 5) is 31.8. The van der Waals surface area contributed by atoms with E-state index in [1.54, 1.807) is 27.7 Å². The summed E-state index contributed by atoms with van der Waals surface area (Å²) >= 11 is 0. The fourth-order valence-corrected chi connectivity index (χ4v) is 0.799. The average Bonchev–Trinajstić information content (AvgIpc) is 2.62. The van der Waals surface area contributed by atoms with Gasteiger partial charge in [0.2, 0.25) is 0 Å². The molecular formula is C23H34O6. The maximum atomic E-state index is 10.9. The van der Waals surface area contributed by atoms with Crippen LogP contribution in [0.1, 0.15) is 55.4 Å². The third-order valence-electron chi connectivity index (χ3n) is 2.96. The predicted octanol–water partition coefficient (Wildman–Crippen LogP) is 5.70. The van der Waals surface area contributed by atoms with E-state index in [4.69, 9.17) is 9.47 Å². The first-order valence-electron chi connectivity index (χ1n) is 8.68. The minimum absolute atomic E-state index is 0.358. The van der Waals surface area contributed by atoms with Crippen LogP contribution >= 0.6 is 0 Å². The van der Waals surface area contributed by atoms with E-state index in [-0.39, 0.29) is 5.97 Å². The molecule has 0 spiro atoms. The smallest absolute Gasteiger partial charge is 0.338 e. The average molecular weight is 407 g/mol. The van der Waals surface area contributed by atoms with Crippen molar-refractivity contribution >= 4 is 17.9 Å². The van der Waals surface area contributed by atoms with Gasteiger partial charge in [-0.15, -0.1) is 0 Å². The molecule has 6 nitrogen and oxygen atoms in total. The predicted molar refractivity (Wildman–Crippen MR) is 116 cm³/mol. The number of hydrogen-bond acceptors (Lipinski definition) is 6. The van der Waals surface area contributed by atoms with Crippen molar-refractivity contribution in [2.45, 2.75) is 55.4 Å². The maximum absolute atomic E-state index is 10.9. The van der Waals surface area contributed by atoms with E-state index >= 15 is 0 Å². The molecule has 0 N–H and O–H groups in total. The van der Waals surface area contributed by atoms with Gasteiger partial charge in [-0.3, -0.25) is 0 Å². The fraction of sp³-hybridized carbons (Fsp3) is 0.348. The van der Waals surface area contributed by atoms with Gasteiger partial charge in [0.25, 0.3) is 0 Å². The van der Waals surface area contributed by atoms with Crippen LogP contribution in [0.3, 0.4) is 0 Å². The van der Waals surface area contributed by atoms with Gasteiger partial charge in [0.05, 0.1) is 6.26 Å². The van der Waals surface area contributed by atoms with Crippen molar-refractivity contribution in [1.82, 2.24) is 0 Å². The van der Waals surface area contributed by atoms with Crippen molar-refractivity contribution in [2.75, 3.05) is 0 Å².